The van der Waals surface area contributed by atoms with Crippen molar-refractivity contribution >= 4 is 16.9 Å². The van der Waals surface area contributed by atoms with Gasteiger partial charge in [0.2, 0.25) is 0 Å². The van der Waals surface area contributed by atoms with Gasteiger partial charge in [-0.25, -0.2) is 9.48 Å². The van der Waals surface area contributed by atoms with E-state index in [9.17, 15) is 0 Å². The van der Waals surface area contributed by atoms with Gasteiger partial charge < -0.3 is 0 Å². The van der Waals surface area contributed by atoms with Crippen molar-refractivity contribution in [2.75, 3.05) is 26.2 Å². The molecule has 0 fully saturated rings. The second kappa shape index (κ2) is 7.50. The predicted molar refractivity (Wildman–Crippen MR) is 71.3 cm³/mol. The number of hydrogen-bond donors (Lipinski definition) is 0. The number of hydrogen-bond acceptors (Lipinski definition) is 1. The second-order valence-electron chi connectivity index (χ2n) is 3.92. The Balaban J connectivity index is 2.46. The SMILES string of the molecule is CC/C=C/CN1CC[N+](C/C=C/CC)=C1Cl. The standard InChI is InChI=1S/C13H22ClN2/c1-3-5-7-9-15-11-12-16(13(15)14)10-8-6-4-2/h5-8H,3-4,9-12H2,1-2H3/q+1/b7-5+,8-6+. The molecule has 0 amide bonds. The lowest BCUT2D eigenvalue weighted by atomic mass is 10.4. The summed E-state index contributed by atoms with van der Waals surface area (Å²) in [4.78, 5) is 2.22. The van der Waals surface area contributed by atoms with E-state index in [1.165, 1.54) is 0 Å². The van der Waals surface area contributed by atoms with Gasteiger partial charge in [0, 0.05) is 11.6 Å². The minimum Gasteiger partial charge on any atom is -0.244 e. The molecule has 90 valence electrons. The molecule has 0 aromatic carbocycles. The van der Waals surface area contributed by atoms with Crippen molar-refractivity contribution in [2.45, 2.75) is 26.7 Å². The average molecular weight is 242 g/mol. The first-order valence-corrected chi connectivity index (χ1v) is 6.49. The van der Waals surface area contributed by atoms with Crippen molar-refractivity contribution in [1.29, 1.82) is 0 Å². The van der Waals surface area contributed by atoms with Crippen LogP contribution in [0.3, 0.4) is 0 Å². The van der Waals surface area contributed by atoms with Gasteiger partial charge in [-0.1, -0.05) is 26.0 Å². The molecular weight excluding hydrogens is 220 g/mol. The van der Waals surface area contributed by atoms with Crippen molar-refractivity contribution < 1.29 is 4.58 Å². The van der Waals surface area contributed by atoms with Crippen LogP contribution >= 0.6 is 11.6 Å². The van der Waals surface area contributed by atoms with Crippen LogP contribution in [0.1, 0.15) is 26.7 Å². The lowest BCUT2D eigenvalue weighted by Crippen LogP contribution is -2.25. The Morgan fingerprint density at radius 2 is 1.88 bits per heavy atom. The Morgan fingerprint density at radius 3 is 2.56 bits per heavy atom. The summed E-state index contributed by atoms with van der Waals surface area (Å²) in [6.07, 6.45) is 10.9. The first-order chi connectivity index (χ1) is 7.79. The van der Waals surface area contributed by atoms with E-state index >= 15 is 0 Å². The molecule has 1 aliphatic rings. The molecule has 16 heavy (non-hydrogen) atoms. The molecule has 0 N–H and O–H groups in total. The summed E-state index contributed by atoms with van der Waals surface area (Å²) in [5, 5.41) is 0.890. The molecule has 0 radical (unpaired) electrons. The Kier molecular flexibility index (Phi) is 6.24. The van der Waals surface area contributed by atoms with Crippen LogP contribution in [0.15, 0.2) is 24.3 Å². The van der Waals surface area contributed by atoms with Gasteiger partial charge in [-0.15, -0.1) is 0 Å². The quantitative estimate of drug-likeness (QED) is 0.394. The van der Waals surface area contributed by atoms with Crippen LogP contribution in [-0.2, 0) is 0 Å². The minimum atomic E-state index is 0.890. The zero-order valence-electron chi connectivity index (χ0n) is 10.3. The summed E-state index contributed by atoms with van der Waals surface area (Å²) in [5.41, 5.74) is 0. The third-order valence-electron chi connectivity index (χ3n) is 2.62. The smallest absolute Gasteiger partial charge is 0.244 e. The highest BCUT2D eigenvalue weighted by Gasteiger charge is 2.26. The third kappa shape index (κ3) is 4.01. The molecule has 0 spiro atoms. The fourth-order valence-electron chi connectivity index (χ4n) is 1.70. The zero-order chi connectivity index (χ0) is 11.8. The number of allylic oxidation sites excluding steroid dienone is 2. The van der Waals surface area contributed by atoms with Crippen LogP contribution in [0, 0.1) is 0 Å². The van der Waals surface area contributed by atoms with Crippen molar-refractivity contribution in [2.24, 2.45) is 0 Å². The summed E-state index contributed by atoms with van der Waals surface area (Å²) in [7, 11) is 0. The van der Waals surface area contributed by atoms with Gasteiger partial charge in [0.25, 0.3) is 0 Å². The lowest BCUT2D eigenvalue weighted by Gasteiger charge is -2.04. The molecule has 2 nitrogen and oxygen atoms in total. The van der Waals surface area contributed by atoms with E-state index < -0.39 is 0 Å². The van der Waals surface area contributed by atoms with Crippen LogP contribution in [-0.4, -0.2) is 40.9 Å². The van der Waals surface area contributed by atoms with Gasteiger partial charge in [-0.3, -0.25) is 0 Å². The fourth-order valence-corrected chi connectivity index (χ4v) is 2.00. The highest BCUT2D eigenvalue weighted by Crippen LogP contribution is 2.06. The van der Waals surface area contributed by atoms with E-state index in [-0.39, 0.29) is 0 Å². The molecule has 0 unspecified atom stereocenters. The summed E-state index contributed by atoms with van der Waals surface area (Å²) in [6, 6.07) is 0. The van der Waals surface area contributed by atoms with E-state index in [0.717, 1.165) is 44.3 Å². The number of rotatable bonds is 6. The van der Waals surface area contributed by atoms with Crippen LogP contribution in [0.5, 0.6) is 0 Å². The van der Waals surface area contributed by atoms with Gasteiger partial charge in [-0.2, -0.15) is 0 Å². The highest BCUT2D eigenvalue weighted by molar-refractivity contribution is 6.63. The van der Waals surface area contributed by atoms with Gasteiger partial charge >= 0.3 is 5.29 Å². The summed E-state index contributed by atoms with van der Waals surface area (Å²) >= 11 is 6.30. The molecule has 0 aromatic heterocycles. The Hall–Kier alpha value is -0.760. The monoisotopic (exact) mass is 241 g/mol. The average Bonchev–Trinajstić information content (AvgIpc) is 2.62. The van der Waals surface area contributed by atoms with E-state index in [4.69, 9.17) is 11.6 Å². The molecule has 1 heterocycles. The molecule has 0 saturated heterocycles. The number of halogens is 1. The normalized spacial score (nSPS) is 17.3. The summed E-state index contributed by atoms with van der Waals surface area (Å²) in [6.45, 7) is 8.22. The largest absolute Gasteiger partial charge is 0.345 e. The van der Waals surface area contributed by atoms with Crippen LogP contribution in [0.4, 0.5) is 0 Å². The topological polar surface area (TPSA) is 6.25 Å². The molecule has 3 heteroatoms. The second-order valence-corrected chi connectivity index (χ2v) is 4.26. The van der Waals surface area contributed by atoms with Crippen LogP contribution < -0.4 is 0 Å². The number of amidine groups is 1. The van der Waals surface area contributed by atoms with Crippen molar-refractivity contribution in [1.82, 2.24) is 4.90 Å². The first-order valence-electron chi connectivity index (χ1n) is 6.11. The Labute approximate surface area is 104 Å². The number of nitrogens with zero attached hydrogens (tertiary/aromatic N) is 2. The van der Waals surface area contributed by atoms with Gasteiger partial charge in [0.15, 0.2) is 0 Å². The minimum absolute atomic E-state index is 0.890. The molecule has 0 aliphatic carbocycles. The molecule has 0 aromatic rings. The molecule has 1 aliphatic heterocycles. The maximum absolute atomic E-state index is 6.30. The summed E-state index contributed by atoms with van der Waals surface area (Å²) < 4.78 is 2.22. The Bertz CT molecular complexity index is 292. The summed E-state index contributed by atoms with van der Waals surface area (Å²) in [5.74, 6) is 0. The third-order valence-corrected chi connectivity index (χ3v) is 3.10. The fraction of sp³-hybridized carbons (Fsp3) is 0.615. The maximum Gasteiger partial charge on any atom is 0.345 e. The van der Waals surface area contributed by atoms with E-state index in [1.54, 1.807) is 0 Å². The lowest BCUT2D eigenvalue weighted by molar-refractivity contribution is -0.505. The predicted octanol–water partition coefficient (Wildman–Crippen LogP) is 2.84. The highest BCUT2D eigenvalue weighted by atomic mass is 35.5. The van der Waals surface area contributed by atoms with Crippen LogP contribution in [0.2, 0.25) is 0 Å². The van der Waals surface area contributed by atoms with Gasteiger partial charge in [-0.05, 0) is 25.0 Å². The molecule has 0 bridgehead atoms. The van der Waals surface area contributed by atoms with Crippen molar-refractivity contribution in [3.63, 3.8) is 0 Å². The molecule has 0 atom stereocenters. The van der Waals surface area contributed by atoms with E-state index in [0.29, 0.717) is 0 Å². The van der Waals surface area contributed by atoms with Gasteiger partial charge in [0.05, 0.1) is 0 Å². The molecular formula is C13H22ClN2+. The molecule has 0 saturated carbocycles. The van der Waals surface area contributed by atoms with Crippen molar-refractivity contribution in [3.05, 3.63) is 24.3 Å². The van der Waals surface area contributed by atoms with E-state index in [2.05, 4.69) is 47.6 Å². The van der Waals surface area contributed by atoms with Crippen LogP contribution in [0.25, 0.3) is 0 Å². The maximum atomic E-state index is 6.30. The zero-order valence-corrected chi connectivity index (χ0v) is 11.1. The van der Waals surface area contributed by atoms with E-state index in [1.807, 2.05) is 0 Å². The molecule has 1 rings (SSSR count). The van der Waals surface area contributed by atoms with Gasteiger partial charge in [0.1, 0.15) is 26.2 Å². The first kappa shape index (κ1) is 13.3. The van der Waals surface area contributed by atoms with Crippen molar-refractivity contribution in [3.8, 4) is 0 Å². The Morgan fingerprint density at radius 1 is 1.19 bits per heavy atom.